The number of fused-ring (bicyclic) bond motifs is 1. The summed E-state index contributed by atoms with van der Waals surface area (Å²) in [5.41, 5.74) is 1.57. The molecule has 1 heterocycles. The predicted molar refractivity (Wildman–Crippen MR) is 130 cm³/mol. The number of aryl methyl sites for hydroxylation is 2. The van der Waals surface area contributed by atoms with Crippen LogP contribution in [0.3, 0.4) is 0 Å². The Bertz CT molecular complexity index is 973. The standard InChI is InChI=1S/C24H40N4O3S/c1-6-11-17-26(18-12-7-2)24(29)16-15-23-25-21-19-20(13-14-22(21)28(23)10-5)32(30,31)27(8-3)9-4/h13-14,19H,6-12,15-18H2,1-5H3. The number of aromatic nitrogens is 2. The third-order valence-corrected chi connectivity index (χ3v) is 7.98. The molecule has 32 heavy (non-hydrogen) atoms. The number of imidazole rings is 1. The highest BCUT2D eigenvalue weighted by Crippen LogP contribution is 2.23. The monoisotopic (exact) mass is 464 g/mol. The molecule has 8 heteroatoms. The van der Waals surface area contributed by atoms with Gasteiger partial charge in [0.25, 0.3) is 0 Å². The number of unbranched alkanes of at least 4 members (excludes halogenated alkanes) is 2. The summed E-state index contributed by atoms with van der Waals surface area (Å²) in [6.45, 7) is 13.2. The summed E-state index contributed by atoms with van der Waals surface area (Å²) in [4.78, 5) is 19.9. The van der Waals surface area contributed by atoms with Crippen LogP contribution >= 0.6 is 0 Å². The Labute approximate surface area is 193 Å². The van der Waals surface area contributed by atoms with Crippen molar-refractivity contribution in [3.63, 3.8) is 0 Å². The van der Waals surface area contributed by atoms with Crippen LogP contribution in [0, 0.1) is 0 Å². The molecule has 0 aliphatic rings. The lowest BCUT2D eigenvalue weighted by atomic mass is 10.2. The van der Waals surface area contributed by atoms with Gasteiger partial charge >= 0.3 is 0 Å². The summed E-state index contributed by atoms with van der Waals surface area (Å²) >= 11 is 0. The lowest BCUT2D eigenvalue weighted by molar-refractivity contribution is -0.131. The van der Waals surface area contributed by atoms with Crippen molar-refractivity contribution in [1.29, 1.82) is 0 Å². The van der Waals surface area contributed by atoms with Gasteiger partial charge in [0.15, 0.2) is 0 Å². The number of carbonyl (C=O) groups excluding carboxylic acids is 1. The van der Waals surface area contributed by atoms with Gasteiger partial charge < -0.3 is 9.47 Å². The van der Waals surface area contributed by atoms with Crippen molar-refractivity contribution in [3.8, 4) is 0 Å². The molecule has 0 bridgehead atoms. The minimum absolute atomic E-state index is 0.173. The van der Waals surface area contributed by atoms with Crippen molar-refractivity contribution in [1.82, 2.24) is 18.8 Å². The van der Waals surface area contributed by atoms with E-state index in [0.29, 0.717) is 31.4 Å². The second kappa shape index (κ2) is 12.3. The molecule has 0 atom stereocenters. The van der Waals surface area contributed by atoms with E-state index < -0.39 is 10.0 Å². The van der Waals surface area contributed by atoms with Gasteiger partial charge in [0.1, 0.15) is 5.82 Å². The van der Waals surface area contributed by atoms with Crippen molar-refractivity contribution in [2.24, 2.45) is 0 Å². The average Bonchev–Trinajstić information content (AvgIpc) is 3.14. The number of hydrogen-bond donors (Lipinski definition) is 0. The van der Waals surface area contributed by atoms with Crippen molar-refractivity contribution in [3.05, 3.63) is 24.0 Å². The molecule has 1 aromatic heterocycles. The van der Waals surface area contributed by atoms with Gasteiger partial charge in [-0.3, -0.25) is 4.79 Å². The van der Waals surface area contributed by atoms with Crippen LogP contribution in [-0.4, -0.2) is 59.3 Å². The highest BCUT2D eigenvalue weighted by molar-refractivity contribution is 7.89. The van der Waals surface area contributed by atoms with Crippen LogP contribution in [0.2, 0.25) is 0 Å². The minimum atomic E-state index is -3.53. The third kappa shape index (κ3) is 6.10. The number of carbonyl (C=O) groups is 1. The zero-order chi connectivity index (χ0) is 23.7. The van der Waals surface area contributed by atoms with E-state index in [1.807, 2.05) is 31.7 Å². The smallest absolute Gasteiger partial charge is 0.243 e. The second-order valence-electron chi connectivity index (χ2n) is 8.10. The van der Waals surface area contributed by atoms with E-state index in [9.17, 15) is 13.2 Å². The van der Waals surface area contributed by atoms with Gasteiger partial charge in [-0.05, 0) is 38.0 Å². The van der Waals surface area contributed by atoms with Crippen LogP contribution < -0.4 is 0 Å². The predicted octanol–water partition coefficient (Wildman–Crippen LogP) is 4.45. The van der Waals surface area contributed by atoms with Gasteiger partial charge in [-0.2, -0.15) is 4.31 Å². The highest BCUT2D eigenvalue weighted by Gasteiger charge is 2.23. The van der Waals surface area contributed by atoms with Gasteiger partial charge in [-0.1, -0.05) is 40.5 Å². The minimum Gasteiger partial charge on any atom is -0.343 e. The van der Waals surface area contributed by atoms with Crippen LogP contribution in [0.25, 0.3) is 11.0 Å². The van der Waals surface area contributed by atoms with Crippen molar-refractivity contribution in [2.75, 3.05) is 26.2 Å². The fraction of sp³-hybridized carbons (Fsp3) is 0.667. The first-order chi connectivity index (χ1) is 15.3. The van der Waals surface area contributed by atoms with Gasteiger partial charge in [0.2, 0.25) is 15.9 Å². The molecule has 0 spiro atoms. The lowest BCUT2D eigenvalue weighted by Gasteiger charge is -2.22. The summed E-state index contributed by atoms with van der Waals surface area (Å²) in [7, 11) is -3.53. The maximum absolute atomic E-state index is 12.9. The van der Waals surface area contributed by atoms with E-state index in [4.69, 9.17) is 4.98 Å². The maximum Gasteiger partial charge on any atom is 0.243 e. The zero-order valence-corrected chi connectivity index (χ0v) is 21.2. The number of benzene rings is 1. The Morgan fingerprint density at radius 1 is 1.00 bits per heavy atom. The molecule has 7 nitrogen and oxygen atoms in total. The Morgan fingerprint density at radius 2 is 1.62 bits per heavy atom. The number of hydrogen-bond acceptors (Lipinski definition) is 4. The fourth-order valence-electron chi connectivity index (χ4n) is 4.01. The Balaban J connectivity index is 2.26. The second-order valence-corrected chi connectivity index (χ2v) is 10.0. The lowest BCUT2D eigenvalue weighted by Crippen LogP contribution is -2.33. The maximum atomic E-state index is 12.9. The van der Waals surface area contributed by atoms with E-state index in [2.05, 4.69) is 18.4 Å². The molecular weight excluding hydrogens is 424 g/mol. The average molecular weight is 465 g/mol. The first-order valence-electron chi connectivity index (χ1n) is 12.1. The number of amides is 1. The molecule has 0 N–H and O–H groups in total. The van der Waals surface area contributed by atoms with Crippen molar-refractivity contribution >= 4 is 27.0 Å². The van der Waals surface area contributed by atoms with Gasteiger partial charge in [-0.15, -0.1) is 0 Å². The summed E-state index contributed by atoms with van der Waals surface area (Å²) in [5.74, 6) is 1.01. The van der Waals surface area contributed by atoms with Crippen molar-refractivity contribution in [2.45, 2.75) is 84.6 Å². The normalized spacial score (nSPS) is 12.1. The molecule has 2 rings (SSSR count). The topological polar surface area (TPSA) is 75.5 Å². The molecule has 0 fully saturated rings. The fourth-order valence-corrected chi connectivity index (χ4v) is 5.49. The molecule has 1 aromatic carbocycles. The first kappa shape index (κ1) is 26.3. The molecule has 180 valence electrons. The van der Waals surface area contributed by atoms with Gasteiger partial charge in [-0.25, -0.2) is 13.4 Å². The zero-order valence-electron chi connectivity index (χ0n) is 20.4. The third-order valence-electron chi connectivity index (χ3n) is 5.94. The number of nitrogens with zero attached hydrogens (tertiary/aromatic N) is 4. The van der Waals surface area contributed by atoms with E-state index in [1.54, 1.807) is 12.1 Å². The molecule has 2 aromatic rings. The molecule has 0 saturated carbocycles. The van der Waals surface area contributed by atoms with Crippen LogP contribution in [0.15, 0.2) is 23.1 Å². The van der Waals surface area contributed by atoms with Gasteiger partial charge in [0, 0.05) is 45.6 Å². The largest absolute Gasteiger partial charge is 0.343 e. The van der Waals surface area contributed by atoms with Gasteiger partial charge in [0.05, 0.1) is 15.9 Å². The van der Waals surface area contributed by atoms with E-state index in [0.717, 1.165) is 56.7 Å². The van der Waals surface area contributed by atoms with E-state index in [-0.39, 0.29) is 10.8 Å². The summed E-state index contributed by atoms with van der Waals surface area (Å²) in [5, 5.41) is 0. The molecule has 0 saturated heterocycles. The SMILES string of the molecule is CCCCN(CCCC)C(=O)CCc1nc2cc(S(=O)(=O)N(CC)CC)ccc2n1CC. The van der Waals surface area contributed by atoms with E-state index >= 15 is 0 Å². The van der Waals surface area contributed by atoms with Crippen molar-refractivity contribution < 1.29 is 13.2 Å². The Morgan fingerprint density at radius 3 is 2.16 bits per heavy atom. The van der Waals surface area contributed by atoms with E-state index in [1.165, 1.54) is 4.31 Å². The Kier molecular flexibility index (Phi) is 10.2. The first-order valence-corrected chi connectivity index (χ1v) is 13.5. The molecular formula is C24H40N4O3S. The summed E-state index contributed by atoms with van der Waals surface area (Å²) < 4.78 is 29.3. The summed E-state index contributed by atoms with van der Waals surface area (Å²) in [6.07, 6.45) is 5.15. The number of sulfonamides is 1. The molecule has 0 aliphatic carbocycles. The quantitative estimate of drug-likeness (QED) is 0.414. The molecule has 0 radical (unpaired) electrons. The Hall–Kier alpha value is -1.93. The van der Waals surface area contributed by atoms with Crippen LogP contribution in [0.5, 0.6) is 0 Å². The number of rotatable bonds is 14. The highest BCUT2D eigenvalue weighted by atomic mass is 32.2. The van der Waals surface area contributed by atoms with Crippen LogP contribution in [-0.2, 0) is 27.8 Å². The van der Waals surface area contributed by atoms with Crippen LogP contribution in [0.1, 0.15) is 72.5 Å². The molecule has 1 amide bonds. The van der Waals surface area contributed by atoms with Crippen LogP contribution in [0.4, 0.5) is 0 Å². The summed E-state index contributed by atoms with van der Waals surface area (Å²) in [6, 6.07) is 5.16. The molecule has 0 unspecified atom stereocenters. The molecule has 0 aliphatic heterocycles.